The van der Waals surface area contributed by atoms with Crippen molar-refractivity contribution in [2.45, 2.75) is 20.0 Å². The van der Waals surface area contributed by atoms with Gasteiger partial charge in [0.1, 0.15) is 11.9 Å². The summed E-state index contributed by atoms with van der Waals surface area (Å²) in [6, 6.07) is 7.33. The van der Waals surface area contributed by atoms with Crippen molar-refractivity contribution < 1.29 is 9.52 Å². The molecule has 0 saturated heterocycles. The van der Waals surface area contributed by atoms with Gasteiger partial charge in [-0.25, -0.2) is 0 Å². The van der Waals surface area contributed by atoms with Crippen molar-refractivity contribution in [2.24, 2.45) is 0 Å². The third-order valence-electron chi connectivity index (χ3n) is 2.71. The second kappa shape index (κ2) is 4.32. The number of furan rings is 1. The lowest BCUT2D eigenvalue weighted by atomic mass is 10.0. The summed E-state index contributed by atoms with van der Waals surface area (Å²) >= 11 is 6.02. The Kier molecular flexibility index (Phi) is 3.03. The first kappa shape index (κ1) is 11.2. The fourth-order valence-corrected chi connectivity index (χ4v) is 1.83. The maximum absolute atomic E-state index is 10.2. The van der Waals surface area contributed by atoms with Gasteiger partial charge in [-0.15, -0.1) is 0 Å². The smallest absolute Gasteiger partial charge is 0.107 e. The van der Waals surface area contributed by atoms with Gasteiger partial charge in [-0.3, -0.25) is 0 Å². The largest absolute Gasteiger partial charge is 0.469 e. The highest BCUT2D eigenvalue weighted by atomic mass is 35.5. The van der Waals surface area contributed by atoms with E-state index in [1.807, 2.05) is 26.0 Å². The summed E-state index contributed by atoms with van der Waals surface area (Å²) in [5.41, 5.74) is 2.56. The van der Waals surface area contributed by atoms with Crippen molar-refractivity contribution in [1.29, 1.82) is 0 Å². The van der Waals surface area contributed by atoms with Crippen molar-refractivity contribution in [1.82, 2.24) is 0 Å². The molecule has 3 heteroatoms. The second-order valence-electron chi connectivity index (χ2n) is 3.84. The second-order valence-corrected chi connectivity index (χ2v) is 4.25. The first-order chi connectivity index (χ1) is 7.59. The molecular formula is C13H13ClO2. The standard InChI is InChI=1S/C13H13ClO2/c1-8-3-4-10(7-12(8)14)13(15)11-5-6-16-9(11)2/h3-7,13,15H,1-2H3. The van der Waals surface area contributed by atoms with E-state index in [1.165, 1.54) is 0 Å². The molecule has 0 saturated carbocycles. The Bertz CT molecular complexity index is 502. The summed E-state index contributed by atoms with van der Waals surface area (Å²) < 4.78 is 5.17. The van der Waals surface area contributed by atoms with E-state index in [0.717, 1.165) is 22.5 Å². The lowest BCUT2D eigenvalue weighted by Gasteiger charge is -2.11. The summed E-state index contributed by atoms with van der Waals surface area (Å²) in [7, 11) is 0. The number of aliphatic hydroxyl groups excluding tert-OH is 1. The summed E-state index contributed by atoms with van der Waals surface area (Å²) in [6.45, 7) is 3.76. The van der Waals surface area contributed by atoms with Gasteiger partial charge in [-0.05, 0) is 37.1 Å². The van der Waals surface area contributed by atoms with E-state index in [9.17, 15) is 5.11 Å². The van der Waals surface area contributed by atoms with Gasteiger partial charge in [0.25, 0.3) is 0 Å². The molecule has 1 heterocycles. The molecule has 2 aromatic rings. The van der Waals surface area contributed by atoms with Crippen molar-refractivity contribution in [3.63, 3.8) is 0 Å². The molecule has 0 aliphatic rings. The highest BCUT2D eigenvalue weighted by molar-refractivity contribution is 6.31. The zero-order valence-electron chi connectivity index (χ0n) is 9.20. The quantitative estimate of drug-likeness (QED) is 0.864. The molecule has 1 N–H and O–H groups in total. The molecule has 1 atom stereocenters. The van der Waals surface area contributed by atoms with Crippen LogP contribution >= 0.6 is 11.6 Å². The summed E-state index contributed by atoms with van der Waals surface area (Å²) in [6.07, 6.45) is 0.890. The predicted octanol–water partition coefficient (Wildman–Crippen LogP) is 3.63. The topological polar surface area (TPSA) is 33.4 Å². The van der Waals surface area contributed by atoms with Crippen LogP contribution in [-0.4, -0.2) is 5.11 Å². The monoisotopic (exact) mass is 236 g/mol. The molecule has 0 bridgehead atoms. The molecule has 0 radical (unpaired) electrons. The molecule has 0 aliphatic heterocycles. The van der Waals surface area contributed by atoms with Crippen molar-refractivity contribution in [2.75, 3.05) is 0 Å². The summed E-state index contributed by atoms with van der Waals surface area (Å²) in [5.74, 6) is 0.726. The van der Waals surface area contributed by atoms with Gasteiger partial charge in [0.05, 0.1) is 6.26 Å². The number of benzene rings is 1. The van der Waals surface area contributed by atoms with Gasteiger partial charge in [0, 0.05) is 10.6 Å². The Morgan fingerprint density at radius 1 is 1.25 bits per heavy atom. The van der Waals surface area contributed by atoms with Crippen LogP contribution in [0.15, 0.2) is 34.9 Å². The molecule has 2 rings (SSSR count). The average molecular weight is 237 g/mol. The highest BCUT2D eigenvalue weighted by Gasteiger charge is 2.15. The van der Waals surface area contributed by atoms with Gasteiger partial charge in [0.15, 0.2) is 0 Å². The fourth-order valence-electron chi connectivity index (χ4n) is 1.64. The van der Waals surface area contributed by atoms with Gasteiger partial charge in [0.2, 0.25) is 0 Å². The maximum Gasteiger partial charge on any atom is 0.107 e. The Morgan fingerprint density at radius 3 is 2.56 bits per heavy atom. The van der Waals surface area contributed by atoms with E-state index in [4.69, 9.17) is 16.0 Å². The molecule has 1 aromatic carbocycles. The van der Waals surface area contributed by atoms with Crippen LogP contribution in [0.3, 0.4) is 0 Å². The number of halogens is 1. The van der Waals surface area contributed by atoms with Gasteiger partial charge in [-0.2, -0.15) is 0 Å². The van der Waals surface area contributed by atoms with Gasteiger partial charge >= 0.3 is 0 Å². The normalized spacial score (nSPS) is 12.8. The Hall–Kier alpha value is -1.25. The van der Waals surface area contributed by atoms with Crippen LogP contribution < -0.4 is 0 Å². The zero-order valence-corrected chi connectivity index (χ0v) is 9.95. The molecule has 0 amide bonds. The van der Waals surface area contributed by atoms with E-state index in [2.05, 4.69) is 0 Å². The first-order valence-corrected chi connectivity index (χ1v) is 5.45. The van der Waals surface area contributed by atoms with Crippen LogP contribution in [-0.2, 0) is 0 Å². The number of aliphatic hydroxyl groups is 1. The van der Waals surface area contributed by atoms with Crippen LogP contribution in [0.5, 0.6) is 0 Å². The number of hydrogen-bond acceptors (Lipinski definition) is 2. The Labute approximate surface area is 99.5 Å². The molecule has 16 heavy (non-hydrogen) atoms. The number of hydrogen-bond donors (Lipinski definition) is 1. The van der Waals surface area contributed by atoms with Crippen LogP contribution in [0.2, 0.25) is 5.02 Å². The van der Waals surface area contributed by atoms with Crippen LogP contribution in [0.25, 0.3) is 0 Å². The van der Waals surface area contributed by atoms with E-state index < -0.39 is 6.10 Å². The van der Waals surface area contributed by atoms with Crippen molar-refractivity contribution >= 4 is 11.6 Å². The molecule has 84 valence electrons. The van der Waals surface area contributed by atoms with Crippen molar-refractivity contribution in [3.8, 4) is 0 Å². The number of aryl methyl sites for hydroxylation is 2. The van der Waals surface area contributed by atoms with Crippen LogP contribution in [0, 0.1) is 13.8 Å². The summed E-state index contributed by atoms with van der Waals surface area (Å²) in [4.78, 5) is 0. The molecule has 0 fully saturated rings. The van der Waals surface area contributed by atoms with Crippen LogP contribution in [0.4, 0.5) is 0 Å². The first-order valence-electron chi connectivity index (χ1n) is 5.07. The minimum absolute atomic E-state index is 0.665. The summed E-state index contributed by atoms with van der Waals surface area (Å²) in [5, 5.41) is 10.8. The molecular weight excluding hydrogens is 224 g/mol. The molecule has 2 nitrogen and oxygen atoms in total. The lowest BCUT2D eigenvalue weighted by Crippen LogP contribution is -2.00. The Balaban J connectivity index is 2.38. The average Bonchev–Trinajstić information content (AvgIpc) is 2.67. The SMILES string of the molecule is Cc1ccc(C(O)c2ccoc2C)cc1Cl. The Morgan fingerprint density at radius 2 is 2.00 bits per heavy atom. The predicted molar refractivity (Wildman–Crippen MR) is 63.7 cm³/mol. The maximum atomic E-state index is 10.2. The van der Waals surface area contributed by atoms with E-state index in [-0.39, 0.29) is 0 Å². The molecule has 1 unspecified atom stereocenters. The lowest BCUT2D eigenvalue weighted by molar-refractivity contribution is 0.218. The van der Waals surface area contributed by atoms with Gasteiger partial charge in [-0.1, -0.05) is 23.7 Å². The fraction of sp³-hybridized carbons (Fsp3) is 0.231. The van der Waals surface area contributed by atoms with Crippen LogP contribution in [0.1, 0.15) is 28.6 Å². The van der Waals surface area contributed by atoms with E-state index in [0.29, 0.717) is 5.02 Å². The highest BCUT2D eigenvalue weighted by Crippen LogP contribution is 2.28. The third kappa shape index (κ3) is 1.99. The number of rotatable bonds is 2. The van der Waals surface area contributed by atoms with Gasteiger partial charge < -0.3 is 9.52 Å². The molecule has 0 aliphatic carbocycles. The third-order valence-corrected chi connectivity index (χ3v) is 3.11. The minimum atomic E-state index is -0.683. The zero-order chi connectivity index (χ0) is 11.7. The molecule has 1 aromatic heterocycles. The van der Waals surface area contributed by atoms with Crippen molar-refractivity contribution in [3.05, 3.63) is 58.0 Å². The van der Waals surface area contributed by atoms with E-state index >= 15 is 0 Å². The minimum Gasteiger partial charge on any atom is -0.469 e. The van der Waals surface area contributed by atoms with E-state index in [1.54, 1.807) is 18.4 Å². The molecule has 0 spiro atoms.